The van der Waals surface area contributed by atoms with Gasteiger partial charge in [-0.05, 0) is 55.0 Å². The molecule has 0 spiro atoms. The Bertz CT molecular complexity index is 1180. The molecular formula is C25H22ClN3O3. The number of nitrogens with one attached hydrogen (secondary N) is 2. The number of rotatable bonds is 5. The monoisotopic (exact) mass is 447 g/mol. The molecule has 1 saturated heterocycles. The largest absolute Gasteiger partial charge is 0.326 e. The maximum atomic E-state index is 12.7. The summed E-state index contributed by atoms with van der Waals surface area (Å²) in [4.78, 5) is 39.5. The molecular weight excluding hydrogens is 426 g/mol. The Morgan fingerprint density at radius 1 is 0.938 bits per heavy atom. The lowest BCUT2D eigenvalue weighted by Gasteiger charge is -2.18. The van der Waals surface area contributed by atoms with Crippen molar-refractivity contribution in [3.63, 3.8) is 0 Å². The third-order valence-corrected chi connectivity index (χ3v) is 5.79. The third kappa shape index (κ3) is 4.81. The number of benzene rings is 3. The molecule has 0 aliphatic carbocycles. The van der Waals surface area contributed by atoms with Gasteiger partial charge in [-0.2, -0.15) is 0 Å². The van der Waals surface area contributed by atoms with Gasteiger partial charge in [0.1, 0.15) is 0 Å². The van der Waals surface area contributed by atoms with Crippen LogP contribution in [0.1, 0.15) is 22.3 Å². The molecule has 6 nitrogen and oxygen atoms in total. The third-order valence-electron chi connectivity index (χ3n) is 5.39. The van der Waals surface area contributed by atoms with E-state index in [0.29, 0.717) is 27.6 Å². The second kappa shape index (κ2) is 9.24. The predicted octanol–water partition coefficient (Wildman–Crippen LogP) is 4.89. The van der Waals surface area contributed by atoms with Crippen LogP contribution in [0.3, 0.4) is 0 Å². The Morgan fingerprint density at radius 2 is 1.72 bits per heavy atom. The van der Waals surface area contributed by atoms with Gasteiger partial charge in [0.2, 0.25) is 11.8 Å². The van der Waals surface area contributed by atoms with Crippen molar-refractivity contribution in [1.29, 1.82) is 0 Å². The maximum Gasteiger partial charge on any atom is 0.255 e. The van der Waals surface area contributed by atoms with Gasteiger partial charge in [-0.15, -0.1) is 0 Å². The van der Waals surface area contributed by atoms with Crippen LogP contribution < -0.4 is 15.5 Å². The zero-order valence-electron chi connectivity index (χ0n) is 17.5. The molecule has 3 aromatic rings. The molecule has 0 unspecified atom stereocenters. The highest BCUT2D eigenvalue weighted by atomic mass is 35.5. The van der Waals surface area contributed by atoms with E-state index >= 15 is 0 Å². The number of halogens is 1. The van der Waals surface area contributed by atoms with Gasteiger partial charge in [0.25, 0.3) is 5.91 Å². The number of aryl methyl sites for hydroxylation is 1. The average molecular weight is 448 g/mol. The number of hydrogen-bond donors (Lipinski definition) is 2. The zero-order valence-corrected chi connectivity index (χ0v) is 18.2. The first-order valence-corrected chi connectivity index (χ1v) is 10.6. The minimum atomic E-state index is -0.496. The topological polar surface area (TPSA) is 78.5 Å². The molecule has 1 aliphatic heterocycles. The van der Waals surface area contributed by atoms with Gasteiger partial charge in [-0.25, -0.2) is 0 Å². The van der Waals surface area contributed by atoms with Crippen molar-refractivity contribution < 1.29 is 14.4 Å². The molecule has 2 N–H and O–H groups in total. The first kappa shape index (κ1) is 21.6. The Balaban J connectivity index is 1.44. The molecule has 32 heavy (non-hydrogen) atoms. The molecule has 0 saturated carbocycles. The van der Waals surface area contributed by atoms with E-state index in [0.717, 1.165) is 5.56 Å². The second-order valence-corrected chi connectivity index (χ2v) is 8.14. The molecule has 162 valence electrons. The molecule has 3 amide bonds. The fourth-order valence-corrected chi connectivity index (χ4v) is 3.77. The zero-order chi connectivity index (χ0) is 22.7. The lowest BCUT2D eigenvalue weighted by atomic mass is 10.1. The van der Waals surface area contributed by atoms with Gasteiger partial charge >= 0.3 is 0 Å². The summed E-state index contributed by atoms with van der Waals surface area (Å²) in [6.45, 7) is 2.13. The van der Waals surface area contributed by atoms with Crippen LogP contribution in [-0.4, -0.2) is 24.3 Å². The second-order valence-electron chi connectivity index (χ2n) is 7.73. The van der Waals surface area contributed by atoms with Crippen LogP contribution in [0.2, 0.25) is 5.02 Å². The van der Waals surface area contributed by atoms with Crippen molar-refractivity contribution >= 4 is 46.4 Å². The molecule has 7 heteroatoms. The number of carbonyl (C=O) groups excluding carboxylic acids is 3. The molecule has 1 atom stereocenters. The molecule has 1 fully saturated rings. The fraction of sp³-hybridized carbons (Fsp3) is 0.160. The van der Waals surface area contributed by atoms with Crippen LogP contribution in [0, 0.1) is 12.8 Å². The summed E-state index contributed by atoms with van der Waals surface area (Å²) < 4.78 is 0. The molecule has 0 radical (unpaired) electrons. The van der Waals surface area contributed by atoms with Gasteiger partial charge in [-0.3, -0.25) is 14.4 Å². The summed E-state index contributed by atoms with van der Waals surface area (Å²) >= 11 is 6.13. The van der Waals surface area contributed by atoms with Crippen LogP contribution in [0.25, 0.3) is 0 Å². The molecule has 1 aliphatic rings. The van der Waals surface area contributed by atoms with Crippen LogP contribution in [0.15, 0.2) is 72.8 Å². The van der Waals surface area contributed by atoms with E-state index in [-0.39, 0.29) is 30.7 Å². The van der Waals surface area contributed by atoms with Gasteiger partial charge in [0, 0.05) is 40.6 Å². The number of nitrogens with zero attached hydrogens (tertiary/aromatic N) is 1. The van der Waals surface area contributed by atoms with Gasteiger partial charge in [0.05, 0.1) is 5.92 Å². The van der Waals surface area contributed by atoms with Crippen LogP contribution >= 0.6 is 11.6 Å². The highest BCUT2D eigenvalue weighted by Crippen LogP contribution is 2.28. The summed E-state index contributed by atoms with van der Waals surface area (Å²) in [7, 11) is 0. The summed E-state index contributed by atoms with van der Waals surface area (Å²) in [5.41, 5.74) is 3.22. The van der Waals surface area contributed by atoms with Crippen LogP contribution in [-0.2, 0) is 9.59 Å². The van der Waals surface area contributed by atoms with E-state index in [1.165, 1.54) is 0 Å². The first-order chi connectivity index (χ1) is 15.4. The smallest absolute Gasteiger partial charge is 0.255 e. The minimum Gasteiger partial charge on any atom is -0.326 e. The average Bonchev–Trinajstić information content (AvgIpc) is 3.19. The van der Waals surface area contributed by atoms with E-state index in [4.69, 9.17) is 11.6 Å². The van der Waals surface area contributed by atoms with Crippen molar-refractivity contribution in [2.45, 2.75) is 13.3 Å². The van der Waals surface area contributed by atoms with Crippen molar-refractivity contribution in [3.05, 3.63) is 88.9 Å². The van der Waals surface area contributed by atoms with E-state index < -0.39 is 5.92 Å². The van der Waals surface area contributed by atoms with Gasteiger partial charge in [-0.1, -0.05) is 41.9 Å². The van der Waals surface area contributed by atoms with Crippen molar-refractivity contribution in [3.8, 4) is 0 Å². The lowest BCUT2D eigenvalue weighted by Crippen LogP contribution is -2.28. The van der Waals surface area contributed by atoms with E-state index in [1.54, 1.807) is 53.4 Å². The van der Waals surface area contributed by atoms with E-state index in [9.17, 15) is 14.4 Å². The molecule has 0 bridgehead atoms. The minimum absolute atomic E-state index is 0.103. The Hall–Kier alpha value is -3.64. The highest BCUT2D eigenvalue weighted by molar-refractivity contribution is 6.31. The van der Waals surface area contributed by atoms with Crippen LogP contribution in [0.4, 0.5) is 17.1 Å². The fourth-order valence-electron chi connectivity index (χ4n) is 3.59. The van der Waals surface area contributed by atoms with Gasteiger partial charge in [0.15, 0.2) is 0 Å². The Labute approximate surface area is 191 Å². The Morgan fingerprint density at radius 3 is 2.47 bits per heavy atom. The standard InChI is InChI=1S/C25H22ClN3O3/c1-16-10-11-20(14-22(16)26)28-25(32)18-13-23(30)29(15-18)21-9-5-6-17(12-21)24(31)27-19-7-3-2-4-8-19/h2-12,14,18H,13,15H2,1H3,(H,27,31)(H,28,32)/t18-/m1/s1. The SMILES string of the molecule is Cc1ccc(NC(=O)[C@@H]2CC(=O)N(c3cccc(C(=O)Nc4ccccc4)c3)C2)cc1Cl. The van der Waals surface area contributed by atoms with Crippen molar-refractivity contribution in [2.24, 2.45) is 5.92 Å². The molecule has 4 rings (SSSR count). The normalized spacial score (nSPS) is 15.5. The quantitative estimate of drug-likeness (QED) is 0.584. The summed E-state index contributed by atoms with van der Waals surface area (Å²) in [6, 6.07) is 21.3. The lowest BCUT2D eigenvalue weighted by molar-refractivity contribution is -0.122. The number of hydrogen-bond acceptors (Lipinski definition) is 3. The number of anilines is 3. The number of amides is 3. The van der Waals surface area contributed by atoms with E-state index in [1.807, 2.05) is 31.2 Å². The first-order valence-electron chi connectivity index (χ1n) is 10.2. The summed E-state index contributed by atoms with van der Waals surface area (Å²) in [5.74, 6) is -1.16. The summed E-state index contributed by atoms with van der Waals surface area (Å²) in [5, 5.41) is 6.23. The molecule has 0 aromatic heterocycles. The van der Waals surface area contributed by atoms with Crippen molar-refractivity contribution in [1.82, 2.24) is 0 Å². The van der Waals surface area contributed by atoms with E-state index in [2.05, 4.69) is 10.6 Å². The predicted molar refractivity (Wildman–Crippen MR) is 126 cm³/mol. The summed E-state index contributed by atoms with van der Waals surface area (Å²) in [6.07, 6.45) is 0.103. The number of carbonyl (C=O) groups is 3. The maximum absolute atomic E-state index is 12.7. The van der Waals surface area contributed by atoms with Crippen molar-refractivity contribution in [2.75, 3.05) is 22.1 Å². The van der Waals surface area contributed by atoms with Crippen LogP contribution in [0.5, 0.6) is 0 Å². The molecule has 1 heterocycles. The van der Waals surface area contributed by atoms with Gasteiger partial charge < -0.3 is 15.5 Å². The highest BCUT2D eigenvalue weighted by Gasteiger charge is 2.35. The number of para-hydroxylation sites is 1. The Kier molecular flexibility index (Phi) is 6.23. The molecule has 3 aromatic carbocycles.